The first-order valence-corrected chi connectivity index (χ1v) is 6.68. The molecule has 0 bridgehead atoms. The van der Waals surface area contributed by atoms with Gasteiger partial charge in [0.05, 0.1) is 10.6 Å². The summed E-state index contributed by atoms with van der Waals surface area (Å²) in [6.07, 6.45) is 2.55. The topological polar surface area (TPSA) is 95.7 Å². The fourth-order valence-corrected chi connectivity index (χ4v) is 2.28. The van der Waals surface area contributed by atoms with Crippen LogP contribution >= 0.6 is 11.3 Å². The molecule has 0 aliphatic heterocycles. The minimum absolute atomic E-state index is 0.413. The van der Waals surface area contributed by atoms with Gasteiger partial charge in [-0.05, 0) is 18.0 Å². The van der Waals surface area contributed by atoms with Gasteiger partial charge in [-0.1, -0.05) is 11.3 Å². The maximum Gasteiger partial charge on any atom is 0.257 e. The Morgan fingerprint density at radius 2 is 2.26 bits per heavy atom. The van der Waals surface area contributed by atoms with Crippen LogP contribution in [0.25, 0.3) is 10.8 Å². The molecule has 0 spiro atoms. The molecule has 3 aromatic rings. The van der Waals surface area contributed by atoms with Crippen LogP contribution in [-0.2, 0) is 13.0 Å². The summed E-state index contributed by atoms with van der Waals surface area (Å²) >= 11 is 1.56. The Bertz CT molecular complexity index is 644. The second kappa shape index (κ2) is 5.29. The van der Waals surface area contributed by atoms with Gasteiger partial charge in [0.25, 0.3) is 5.89 Å². The molecule has 3 aromatic heterocycles. The maximum absolute atomic E-state index is 5.58. The van der Waals surface area contributed by atoms with Crippen LogP contribution in [0.5, 0.6) is 0 Å². The summed E-state index contributed by atoms with van der Waals surface area (Å²) in [7, 11) is 0. The van der Waals surface area contributed by atoms with Gasteiger partial charge >= 0.3 is 0 Å². The molecular formula is C11H12N6OS. The molecule has 98 valence electrons. The number of nitrogens with zero attached hydrogens (tertiary/aromatic N) is 5. The van der Waals surface area contributed by atoms with Crippen molar-refractivity contribution in [3.63, 3.8) is 0 Å². The Hall–Kier alpha value is -2.06. The minimum atomic E-state index is 0.413. The number of rotatable bonds is 5. The first-order valence-electron chi connectivity index (χ1n) is 5.80. The Balaban J connectivity index is 1.72. The van der Waals surface area contributed by atoms with Crippen LogP contribution in [0.15, 0.2) is 28.1 Å². The van der Waals surface area contributed by atoms with Crippen molar-refractivity contribution in [2.75, 3.05) is 6.54 Å². The van der Waals surface area contributed by atoms with Crippen molar-refractivity contribution in [1.29, 1.82) is 0 Å². The van der Waals surface area contributed by atoms with E-state index < -0.39 is 0 Å². The standard InChI is InChI=1S/C11H12N6OS/c12-4-3-8-6-17(16-13-8)7-10-14-15-11(18-10)9-2-1-5-19-9/h1-2,5-6H,3-4,7,12H2. The van der Waals surface area contributed by atoms with Crippen molar-refractivity contribution in [2.24, 2.45) is 5.73 Å². The minimum Gasteiger partial charge on any atom is -0.418 e. The molecule has 0 saturated heterocycles. The van der Waals surface area contributed by atoms with Gasteiger partial charge in [-0.2, -0.15) is 0 Å². The highest BCUT2D eigenvalue weighted by molar-refractivity contribution is 7.13. The molecule has 0 saturated carbocycles. The summed E-state index contributed by atoms with van der Waals surface area (Å²) in [5, 5.41) is 18.0. The lowest BCUT2D eigenvalue weighted by atomic mass is 10.3. The van der Waals surface area contributed by atoms with Crippen molar-refractivity contribution in [3.8, 4) is 10.8 Å². The summed E-state index contributed by atoms with van der Waals surface area (Å²) < 4.78 is 7.24. The normalized spacial score (nSPS) is 11.0. The van der Waals surface area contributed by atoms with Crippen molar-refractivity contribution in [1.82, 2.24) is 25.2 Å². The van der Waals surface area contributed by atoms with E-state index in [4.69, 9.17) is 10.2 Å². The van der Waals surface area contributed by atoms with E-state index in [2.05, 4.69) is 20.5 Å². The van der Waals surface area contributed by atoms with Crippen LogP contribution < -0.4 is 5.73 Å². The average Bonchev–Trinajstić information content (AvgIpc) is 3.10. The number of aromatic nitrogens is 5. The maximum atomic E-state index is 5.58. The van der Waals surface area contributed by atoms with E-state index in [1.54, 1.807) is 16.0 Å². The van der Waals surface area contributed by atoms with Crippen LogP contribution in [0.4, 0.5) is 0 Å². The number of hydrogen-bond donors (Lipinski definition) is 1. The lowest BCUT2D eigenvalue weighted by Crippen LogP contribution is -2.03. The Kier molecular flexibility index (Phi) is 3.34. The van der Waals surface area contributed by atoms with Crippen LogP contribution in [0.3, 0.4) is 0 Å². The van der Waals surface area contributed by atoms with E-state index in [1.807, 2.05) is 23.7 Å². The lowest BCUT2D eigenvalue weighted by Gasteiger charge is -1.93. The van der Waals surface area contributed by atoms with Crippen molar-refractivity contribution in [2.45, 2.75) is 13.0 Å². The smallest absolute Gasteiger partial charge is 0.257 e. The Labute approximate surface area is 113 Å². The third-order valence-electron chi connectivity index (χ3n) is 2.48. The number of thiophene rings is 1. The number of hydrogen-bond acceptors (Lipinski definition) is 7. The van der Waals surface area contributed by atoms with E-state index in [-0.39, 0.29) is 0 Å². The second-order valence-corrected chi connectivity index (χ2v) is 4.87. The summed E-state index contributed by atoms with van der Waals surface area (Å²) in [6, 6.07) is 3.89. The van der Waals surface area contributed by atoms with Gasteiger partial charge in [0.15, 0.2) is 0 Å². The van der Waals surface area contributed by atoms with Gasteiger partial charge < -0.3 is 10.2 Å². The molecule has 2 N–H and O–H groups in total. The molecule has 0 atom stereocenters. The Morgan fingerprint density at radius 3 is 3.05 bits per heavy atom. The van der Waals surface area contributed by atoms with E-state index in [9.17, 15) is 0 Å². The van der Waals surface area contributed by atoms with E-state index >= 15 is 0 Å². The molecule has 3 heterocycles. The van der Waals surface area contributed by atoms with Crippen LogP contribution in [0, 0.1) is 0 Å². The molecule has 0 fully saturated rings. The van der Waals surface area contributed by atoms with Gasteiger partial charge in [-0.15, -0.1) is 26.6 Å². The summed E-state index contributed by atoms with van der Waals surface area (Å²) in [6.45, 7) is 0.970. The molecule has 0 unspecified atom stereocenters. The Morgan fingerprint density at radius 1 is 1.32 bits per heavy atom. The molecule has 8 heteroatoms. The molecule has 0 aliphatic carbocycles. The van der Waals surface area contributed by atoms with Gasteiger partial charge in [-0.25, -0.2) is 4.68 Å². The predicted molar refractivity (Wildman–Crippen MR) is 69.5 cm³/mol. The second-order valence-electron chi connectivity index (χ2n) is 3.92. The van der Waals surface area contributed by atoms with Crippen molar-refractivity contribution >= 4 is 11.3 Å². The highest BCUT2D eigenvalue weighted by Gasteiger charge is 2.10. The zero-order valence-electron chi connectivity index (χ0n) is 10.1. The third kappa shape index (κ3) is 2.69. The predicted octanol–water partition coefficient (Wildman–Crippen LogP) is 0.939. The summed E-state index contributed by atoms with van der Waals surface area (Å²) in [4.78, 5) is 0.959. The molecule has 19 heavy (non-hydrogen) atoms. The largest absolute Gasteiger partial charge is 0.418 e. The van der Waals surface area contributed by atoms with Crippen LogP contribution in [0.2, 0.25) is 0 Å². The average molecular weight is 276 g/mol. The van der Waals surface area contributed by atoms with Crippen molar-refractivity contribution < 1.29 is 4.42 Å². The van der Waals surface area contributed by atoms with E-state index in [1.165, 1.54) is 0 Å². The van der Waals surface area contributed by atoms with Crippen LogP contribution in [0.1, 0.15) is 11.6 Å². The highest BCUT2D eigenvalue weighted by atomic mass is 32.1. The lowest BCUT2D eigenvalue weighted by molar-refractivity contribution is 0.470. The van der Waals surface area contributed by atoms with Gasteiger partial charge in [0, 0.05) is 12.6 Å². The fraction of sp³-hybridized carbons (Fsp3) is 0.273. The molecule has 0 radical (unpaired) electrons. The SMILES string of the molecule is NCCc1cn(Cc2nnc(-c3cccs3)o2)nn1. The molecule has 3 rings (SSSR count). The summed E-state index contributed by atoms with van der Waals surface area (Å²) in [5.74, 6) is 1.04. The van der Waals surface area contributed by atoms with E-state index in [0.717, 1.165) is 10.6 Å². The molecular weight excluding hydrogens is 264 g/mol. The van der Waals surface area contributed by atoms with Crippen molar-refractivity contribution in [3.05, 3.63) is 35.3 Å². The van der Waals surface area contributed by atoms with E-state index in [0.29, 0.717) is 31.3 Å². The monoisotopic (exact) mass is 276 g/mol. The van der Waals surface area contributed by atoms with Crippen LogP contribution in [-0.4, -0.2) is 31.7 Å². The zero-order valence-corrected chi connectivity index (χ0v) is 10.9. The zero-order chi connectivity index (χ0) is 13.1. The first-order chi connectivity index (χ1) is 9.35. The molecule has 7 nitrogen and oxygen atoms in total. The fourth-order valence-electron chi connectivity index (χ4n) is 1.63. The molecule has 0 aromatic carbocycles. The van der Waals surface area contributed by atoms with Gasteiger partial charge in [0.2, 0.25) is 5.89 Å². The summed E-state index contributed by atoms with van der Waals surface area (Å²) in [5.41, 5.74) is 6.32. The molecule has 0 aliphatic rings. The van der Waals surface area contributed by atoms with Gasteiger partial charge in [0.1, 0.15) is 6.54 Å². The van der Waals surface area contributed by atoms with Gasteiger partial charge in [-0.3, -0.25) is 0 Å². The molecule has 0 amide bonds. The quantitative estimate of drug-likeness (QED) is 0.745. The number of nitrogens with two attached hydrogens (primary N) is 1. The third-order valence-corrected chi connectivity index (χ3v) is 3.34. The first kappa shape index (κ1) is 12.0. The highest BCUT2D eigenvalue weighted by Crippen LogP contribution is 2.22.